The van der Waals surface area contributed by atoms with Gasteiger partial charge < -0.3 is 9.67 Å². The van der Waals surface area contributed by atoms with Gasteiger partial charge in [0.15, 0.2) is 0 Å². The summed E-state index contributed by atoms with van der Waals surface area (Å²) in [7, 11) is 1.48. The Bertz CT molecular complexity index is 643. The summed E-state index contributed by atoms with van der Waals surface area (Å²) < 4.78 is 40.1. The molecule has 19 heavy (non-hydrogen) atoms. The molecular formula is C13H12F3NO2. The molecule has 0 saturated carbocycles. The molecule has 1 N–H and O–H groups in total. The Morgan fingerprint density at radius 3 is 2.53 bits per heavy atom. The second-order valence-corrected chi connectivity index (χ2v) is 4.45. The first-order chi connectivity index (χ1) is 8.73. The molecule has 1 atom stereocenters. The number of hydrogen-bond donors (Lipinski definition) is 1. The molecule has 3 nitrogen and oxygen atoms in total. The standard InChI is InChI=1S/C13H12F3NO2/c1-7(12(18)19)9-6-17(2)11-8(9)4-3-5-10(11)13(14,15)16/h3-7H,1-2H3,(H,18,19). The number of aliphatic carboxylic acids is 1. The Kier molecular flexibility index (Phi) is 3.04. The number of nitrogens with zero attached hydrogens (tertiary/aromatic N) is 1. The maximum atomic E-state index is 12.9. The zero-order chi connectivity index (χ0) is 14.4. The molecule has 0 saturated heterocycles. The van der Waals surface area contributed by atoms with Crippen LogP contribution in [0.1, 0.15) is 24.0 Å². The lowest BCUT2D eigenvalue weighted by Gasteiger charge is -2.10. The van der Waals surface area contributed by atoms with Gasteiger partial charge in [-0.1, -0.05) is 12.1 Å². The lowest BCUT2D eigenvalue weighted by atomic mass is 9.99. The largest absolute Gasteiger partial charge is 0.481 e. The monoisotopic (exact) mass is 271 g/mol. The first-order valence-corrected chi connectivity index (χ1v) is 5.61. The minimum Gasteiger partial charge on any atom is -0.481 e. The van der Waals surface area contributed by atoms with Gasteiger partial charge in [0.25, 0.3) is 0 Å². The number of aromatic nitrogens is 1. The summed E-state index contributed by atoms with van der Waals surface area (Å²) in [6, 6.07) is 3.81. The first kappa shape index (κ1) is 13.5. The third-order valence-electron chi connectivity index (χ3n) is 3.17. The van der Waals surface area contributed by atoms with Gasteiger partial charge in [-0.2, -0.15) is 13.2 Å². The van der Waals surface area contributed by atoms with Crippen molar-refractivity contribution in [2.24, 2.45) is 7.05 Å². The molecule has 2 rings (SSSR count). The van der Waals surface area contributed by atoms with E-state index in [-0.39, 0.29) is 5.52 Å². The van der Waals surface area contributed by atoms with Gasteiger partial charge in [0.05, 0.1) is 17.0 Å². The molecule has 0 bridgehead atoms. The number of halogens is 3. The summed E-state index contributed by atoms with van der Waals surface area (Å²) in [6.45, 7) is 1.46. The molecule has 1 unspecified atom stereocenters. The summed E-state index contributed by atoms with van der Waals surface area (Å²) >= 11 is 0. The summed E-state index contributed by atoms with van der Waals surface area (Å²) in [5.41, 5.74) is -0.356. The minimum atomic E-state index is -4.46. The zero-order valence-corrected chi connectivity index (χ0v) is 10.3. The maximum absolute atomic E-state index is 12.9. The molecule has 0 aliphatic rings. The van der Waals surface area contributed by atoms with Gasteiger partial charge in [0, 0.05) is 18.6 Å². The number of carboxylic acids is 1. The van der Waals surface area contributed by atoms with E-state index < -0.39 is 23.6 Å². The van der Waals surface area contributed by atoms with E-state index >= 15 is 0 Å². The Morgan fingerprint density at radius 2 is 2.00 bits per heavy atom. The average Bonchev–Trinajstić information content (AvgIpc) is 2.64. The van der Waals surface area contributed by atoms with Gasteiger partial charge in [-0.05, 0) is 18.6 Å². The Balaban J connectivity index is 2.77. The lowest BCUT2D eigenvalue weighted by Crippen LogP contribution is -2.07. The molecule has 102 valence electrons. The first-order valence-electron chi connectivity index (χ1n) is 5.61. The molecule has 1 heterocycles. The third kappa shape index (κ3) is 2.18. The van der Waals surface area contributed by atoms with Crippen molar-refractivity contribution in [1.82, 2.24) is 4.57 Å². The van der Waals surface area contributed by atoms with E-state index in [1.807, 2.05) is 0 Å². The summed E-state index contributed by atoms with van der Waals surface area (Å²) in [6.07, 6.45) is -3.02. The molecule has 0 aliphatic carbocycles. The van der Waals surface area contributed by atoms with Gasteiger partial charge in [0.2, 0.25) is 0 Å². The van der Waals surface area contributed by atoms with E-state index in [0.717, 1.165) is 6.07 Å². The van der Waals surface area contributed by atoms with Crippen LogP contribution in [-0.2, 0) is 18.0 Å². The van der Waals surface area contributed by atoms with Crippen molar-refractivity contribution in [3.8, 4) is 0 Å². The molecular weight excluding hydrogens is 259 g/mol. The number of alkyl halides is 3. The zero-order valence-electron chi connectivity index (χ0n) is 10.3. The number of fused-ring (bicyclic) bond motifs is 1. The van der Waals surface area contributed by atoms with Crippen molar-refractivity contribution >= 4 is 16.9 Å². The van der Waals surface area contributed by atoms with E-state index in [1.54, 1.807) is 0 Å². The normalized spacial score (nSPS) is 13.7. The van der Waals surface area contributed by atoms with Crippen molar-refractivity contribution in [1.29, 1.82) is 0 Å². The molecule has 0 amide bonds. The van der Waals surface area contributed by atoms with Gasteiger partial charge in [-0.15, -0.1) is 0 Å². The van der Waals surface area contributed by atoms with E-state index in [0.29, 0.717) is 10.9 Å². The van der Waals surface area contributed by atoms with Gasteiger partial charge in [-0.3, -0.25) is 4.79 Å². The van der Waals surface area contributed by atoms with Crippen LogP contribution < -0.4 is 0 Å². The van der Waals surface area contributed by atoms with Gasteiger partial charge in [-0.25, -0.2) is 0 Å². The number of carbonyl (C=O) groups is 1. The highest BCUT2D eigenvalue weighted by Gasteiger charge is 2.34. The van der Waals surface area contributed by atoms with Crippen LogP contribution in [0, 0.1) is 0 Å². The van der Waals surface area contributed by atoms with Crippen molar-refractivity contribution in [2.45, 2.75) is 19.0 Å². The highest BCUT2D eigenvalue weighted by Crippen LogP contribution is 2.37. The van der Waals surface area contributed by atoms with Crippen LogP contribution in [-0.4, -0.2) is 15.6 Å². The van der Waals surface area contributed by atoms with E-state index in [4.69, 9.17) is 5.11 Å². The Morgan fingerprint density at radius 1 is 1.37 bits per heavy atom. The molecule has 6 heteroatoms. The third-order valence-corrected chi connectivity index (χ3v) is 3.17. The van der Waals surface area contributed by atoms with E-state index in [1.165, 1.54) is 36.9 Å². The van der Waals surface area contributed by atoms with Crippen molar-refractivity contribution in [2.75, 3.05) is 0 Å². The number of para-hydroxylation sites is 1. The van der Waals surface area contributed by atoms with Crippen molar-refractivity contribution < 1.29 is 23.1 Å². The molecule has 0 fully saturated rings. The van der Waals surface area contributed by atoms with Gasteiger partial charge in [0.1, 0.15) is 0 Å². The van der Waals surface area contributed by atoms with Gasteiger partial charge >= 0.3 is 12.1 Å². The second kappa shape index (κ2) is 4.29. The van der Waals surface area contributed by atoms with Crippen molar-refractivity contribution in [3.05, 3.63) is 35.5 Å². The lowest BCUT2D eigenvalue weighted by molar-refractivity contribution is -0.138. The molecule has 0 spiro atoms. The number of carboxylic acid groups (broad SMARTS) is 1. The number of benzene rings is 1. The summed E-state index contributed by atoms with van der Waals surface area (Å²) in [4.78, 5) is 11.0. The fraction of sp³-hybridized carbons (Fsp3) is 0.308. The summed E-state index contributed by atoms with van der Waals surface area (Å²) in [5, 5.41) is 9.33. The van der Waals surface area contributed by atoms with E-state index in [9.17, 15) is 18.0 Å². The van der Waals surface area contributed by atoms with Crippen LogP contribution in [0.3, 0.4) is 0 Å². The highest BCUT2D eigenvalue weighted by atomic mass is 19.4. The van der Waals surface area contributed by atoms with Crippen LogP contribution >= 0.6 is 0 Å². The van der Waals surface area contributed by atoms with Crippen LogP contribution in [0.5, 0.6) is 0 Å². The number of aryl methyl sites for hydroxylation is 1. The molecule has 2 aromatic rings. The predicted molar refractivity (Wildman–Crippen MR) is 64.0 cm³/mol. The minimum absolute atomic E-state index is 0.0121. The molecule has 0 aliphatic heterocycles. The number of hydrogen-bond acceptors (Lipinski definition) is 1. The fourth-order valence-corrected chi connectivity index (χ4v) is 2.21. The second-order valence-electron chi connectivity index (χ2n) is 4.45. The van der Waals surface area contributed by atoms with Crippen molar-refractivity contribution in [3.63, 3.8) is 0 Å². The maximum Gasteiger partial charge on any atom is 0.418 e. The van der Waals surface area contributed by atoms with Crippen LogP contribution in [0.2, 0.25) is 0 Å². The smallest absolute Gasteiger partial charge is 0.418 e. The predicted octanol–water partition coefficient (Wildman–Crippen LogP) is 3.39. The Labute approximate surface area is 107 Å². The molecule has 1 aromatic carbocycles. The van der Waals surface area contributed by atoms with Crippen LogP contribution in [0.15, 0.2) is 24.4 Å². The summed E-state index contributed by atoms with van der Waals surface area (Å²) in [5.74, 6) is -1.92. The fourth-order valence-electron chi connectivity index (χ4n) is 2.21. The Hall–Kier alpha value is -1.98. The number of rotatable bonds is 2. The van der Waals surface area contributed by atoms with Crippen LogP contribution in [0.25, 0.3) is 10.9 Å². The molecule has 0 radical (unpaired) electrons. The SMILES string of the molecule is CC(C(=O)O)c1cn(C)c2c(C(F)(F)F)cccc12. The topological polar surface area (TPSA) is 42.2 Å². The van der Waals surface area contributed by atoms with Crippen LogP contribution in [0.4, 0.5) is 13.2 Å². The quantitative estimate of drug-likeness (QED) is 0.909. The highest BCUT2D eigenvalue weighted by molar-refractivity contribution is 5.91. The average molecular weight is 271 g/mol. The van der Waals surface area contributed by atoms with E-state index in [2.05, 4.69) is 0 Å². The molecule has 1 aromatic heterocycles.